The van der Waals surface area contributed by atoms with Crippen molar-refractivity contribution < 1.29 is 23.5 Å². The normalized spacial score (nSPS) is 14.4. The number of amides is 3. The number of carbonyl (C=O) groups is 3. The summed E-state index contributed by atoms with van der Waals surface area (Å²) in [5.41, 5.74) is 1.43. The number of thioether (sulfide) groups is 1. The predicted molar refractivity (Wildman–Crippen MR) is 140 cm³/mol. The van der Waals surface area contributed by atoms with E-state index in [1.807, 2.05) is 12.1 Å². The fraction of sp³-hybridized carbons (Fsp3) is 0.0800. The largest absolute Gasteiger partial charge is 0.486 e. The summed E-state index contributed by atoms with van der Waals surface area (Å²) in [4.78, 5) is 38.3. The Morgan fingerprint density at radius 3 is 2.42 bits per heavy atom. The average Bonchev–Trinajstić information content (AvgIpc) is 3.07. The maximum absolute atomic E-state index is 13.3. The Labute approximate surface area is 225 Å². The van der Waals surface area contributed by atoms with E-state index >= 15 is 0 Å². The number of imide groups is 1. The smallest absolute Gasteiger partial charge is 0.294 e. The van der Waals surface area contributed by atoms with Crippen molar-refractivity contribution in [3.8, 4) is 5.75 Å². The minimum atomic E-state index is -0.648. The fourth-order valence-corrected chi connectivity index (χ4v) is 4.91. The van der Waals surface area contributed by atoms with E-state index in [2.05, 4.69) is 5.32 Å². The zero-order valence-corrected chi connectivity index (χ0v) is 21.3. The molecule has 0 aromatic heterocycles. The van der Waals surface area contributed by atoms with E-state index < -0.39 is 29.4 Å². The molecular formula is C25H16Cl3FN2O4S. The molecule has 3 aromatic rings. The quantitative estimate of drug-likeness (QED) is 0.311. The first-order valence-corrected chi connectivity index (χ1v) is 12.3. The topological polar surface area (TPSA) is 75.7 Å². The Balaban J connectivity index is 1.44. The summed E-state index contributed by atoms with van der Waals surface area (Å²) >= 11 is 19.5. The number of hydrogen-bond donors (Lipinski definition) is 1. The van der Waals surface area contributed by atoms with Gasteiger partial charge in [-0.05, 0) is 59.8 Å². The van der Waals surface area contributed by atoms with Gasteiger partial charge in [0.05, 0.1) is 15.0 Å². The molecule has 1 fully saturated rings. The SMILES string of the molecule is O=C(CN1C(=O)S/C(=C/c2cc(Cl)c(OCc3ccccc3Cl)c(Cl)c2)C1=O)Nc1cccc(F)c1. The minimum absolute atomic E-state index is 0.0930. The number of rotatable bonds is 7. The van der Waals surface area contributed by atoms with Crippen LogP contribution >= 0.6 is 46.6 Å². The predicted octanol–water partition coefficient (Wildman–Crippen LogP) is 7.04. The van der Waals surface area contributed by atoms with E-state index in [0.717, 1.165) is 16.5 Å². The van der Waals surface area contributed by atoms with Crippen LogP contribution in [0, 0.1) is 5.82 Å². The van der Waals surface area contributed by atoms with E-state index in [9.17, 15) is 18.8 Å². The molecule has 0 saturated carbocycles. The number of ether oxygens (including phenoxy) is 1. The third kappa shape index (κ3) is 6.20. The third-order valence-corrected chi connectivity index (χ3v) is 6.77. The van der Waals surface area contributed by atoms with Crippen LogP contribution in [0.3, 0.4) is 0 Å². The number of hydrogen-bond acceptors (Lipinski definition) is 5. The summed E-state index contributed by atoms with van der Waals surface area (Å²) in [5, 5.41) is 2.79. The molecule has 1 aliphatic heterocycles. The van der Waals surface area contributed by atoms with Crippen molar-refractivity contribution in [3.05, 3.63) is 97.6 Å². The Bertz CT molecular complexity index is 1380. The minimum Gasteiger partial charge on any atom is -0.486 e. The molecule has 0 bridgehead atoms. The lowest BCUT2D eigenvalue weighted by molar-refractivity contribution is -0.127. The Morgan fingerprint density at radius 1 is 1.00 bits per heavy atom. The average molecular weight is 566 g/mol. The summed E-state index contributed by atoms with van der Waals surface area (Å²) < 4.78 is 19.1. The zero-order chi connectivity index (χ0) is 25.8. The molecule has 0 radical (unpaired) electrons. The van der Waals surface area contributed by atoms with Crippen LogP contribution in [0.4, 0.5) is 14.9 Å². The van der Waals surface area contributed by atoms with Crippen LogP contribution in [0.5, 0.6) is 5.75 Å². The molecule has 0 unspecified atom stereocenters. The van der Waals surface area contributed by atoms with Crippen LogP contribution in [-0.4, -0.2) is 28.5 Å². The van der Waals surface area contributed by atoms with Crippen LogP contribution < -0.4 is 10.1 Å². The Morgan fingerprint density at radius 2 is 1.72 bits per heavy atom. The summed E-state index contributed by atoms with van der Waals surface area (Å²) in [6.07, 6.45) is 1.45. The van der Waals surface area contributed by atoms with Crippen molar-refractivity contribution in [3.63, 3.8) is 0 Å². The second-order valence-corrected chi connectivity index (χ2v) is 9.73. The maximum atomic E-state index is 13.3. The van der Waals surface area contributed by atoms with Gasteiger partial charge in [-0.3, -0.25) is 19.3 Å². The number of carbonyl (C=O) groups excluding carboxylic acids is 3. The Kier molecular flexibility index (Phi) is 8.21. The van der Waals surface area contributed by atoms with Crippen LogP contribution in [-0.2, 0) is 16.2 Å². The number of nitrogens with one attached hydrogen (secondary N) is 1. The molecule has 184 valence electrons. The first kappa shape index (κ1) is 26.0. The maximum Gasteiger partial charge on any atom is 0.294 e. The molecular weight excluding hydrogens is 550 g/mol. The summed E-state index contributed by atoms with van der Waals surface area (Å²) in [6.45, 7) is -0.371. The molecule has 1 aliphatic rings. The van der Waals surface area contributed by atoms with Gasteiger partial charge in [-0.15, -0.1) is 0 Å². The third-order valence-electron chi connectivity index (χ3n) is 4.93. The lowest BCUT2D eigenvalue weighted by Gasteiger charge is -2.13. The molecule has 11 heteroatoms. The molecule has 0 aliphatic carbocycles. The molecule has 0 atom stereocenters. The van der Waals surface area contributed by atoms with Crippen LogP contribution in [0.15, 0.2) is 65.6 Å². The molecule has 1 saturated heterocycles. The van der Waals surface area contributed by atoms with Gasteiger partial charge in [0.1, 0.15) is 19.0 Å². The number of halogens is 4. The van der Waals surface area contributed by atoms with Gasteiger partial charge in [0, 0.05) is 16.3 Å². The highest BCUT2D eigenvalue weighted by Gasteiger charge is 2.36. The highest BCUT2D eigenvalue weighted by molar-refractivity contribution is 8.18. The van der Waals surface area contributed by atoms with Crippen LogP contribution in [0.25, 0.3) is 6.08 Å². The summed E-state index contributed by atoms with van der Waals surface area (Å²) in [7, 11) is 0. The van der Waals surface area contributed by atoms with Crippen molar-refractivity contribution >= 4 is 75.4 Å². The molecule has 0 spiro atoms. The van der Waals surface area contributed by atoms with Crippen molar-refractivity contribution in [2.75, 3.05) is 11.9 Å². The highest BCUT2D eigenvalue weighted by atomic mass is 35.5. The molecule has 36 heavy (non-hydrogen) atoms. The molecule has 4 rings (SSSR count). The van der Waals surface area contributed by atoms with Gasteiger partial charge in [-0.2, -0.15) is 0 Å². The van der Waals surface area contributed by atoms with Gasteiger partial charge >= 0.3 is 0 Å². The molecule has 6 nitrogen and oxygen atoms in total. The van der Waals surface area contributed by atoms with E-state index in [1.54, 1.807) is 24.3 Å². The molecule has 3 aromatic carbocycles. The summed E-state index contributed by atoms with van der Waals surface area (Å²) in [6, 6.07) is 15.5. The van der Waals surface area contributed by atoms with E-state index in [0.29, 0.717) is 22.3 Å². The van der Waals surface area contributed by atoms with Crippen molar-refractivity contribution in [2.45, 2.75) is 6.61 Å². The fourth-order valence-electron chi connectivity index (χ4n) is 3.26. The van der Waals surface area contributed by atoms with Crippen LogP contribution in [0.1, 0.15) is 11.1 Å². The van der Waals surface area contributed by atoms with Gasteiger partial charge in [0.25, 0.3) is 11.1 Å². The van der Waals surface area contributed by atoms with Gasteiger partial charge in [-0.25, -0.2) is 4.39 Å². The molecule has 3 amide bonds. The first-order chi connectivity index (χ1) is 17.2. The van der Waals surface area contributed by atoms with Gasteiger partial charge in [0.2, 0.25) is 5.91 Å². The lowest BCUT2D eigenvalue weighted by atomic mass is 10.2. The highest BCUT2D eigenvalue weighted by Crippen LogP contribution is 2.38. The second kappa shape index (κ2) is 11.3. The van der Waals surface area contributed by atoms with Crippen LogP contribution in [0.2, 0.25) is 15.1 Å². The molecule has 1 N–H and O–H groups in total. The lowest BCUT2D eigenvalue weighted by Crippen LogP contribution is -2.36. The van der Waals surface area contributed by atoms with Crippen molar-refractivity contribution in [1.29, 1.82) is 0 Å². The van der Waals surface area contributed by atoms with Crippen molar-refractivity contribution in [2.24, 2.45) is 0 Å². The van der Waals surface area contributed by atoms with Gasteiger partial charge in [-0.1, -0.05) is 59.1 Å². The standard InChI is InChI=1S/C25H16Cl3FN2O4S/c26-18-7-2-1-4-15(18)13-35-23-19(27)8-14(9-20(23)28)10-21-24(33)31(25(34)36-21)12-22(32)30-17-6-3-5-16(29)11-17/h1-11H,12-13H2,(H,30,32)/b21-10+. The zero-order valence-electron chi connectivity index (χ0n) is 18.3. The second-order valence-electron chi connectivity index (χ2n) is 7.52. The van der Waals surface area contributed by atoms with E-state index in [4.69, 9.17) is 39.5 Å². The number of nitrogens with zero attached hydrogens (tertiary/aromatic N) is 1. The van der Waals surface area contributed by atoms with E-state index in [1.165, 1.54) is 24.3 Å². The number of benzene rings is 3. The first-order valence-electron chi connectivity index (χ1n) is 10.4. The van der Waals surface area contributed by atoms with Crippen molar-refractivity contribution in [1.82, 2.24) is 4.90 Å². The van der Waals surface area contributed by atoms with Gasteiger partial charge in [0.15, 0.2) is 5.75 Å². The number of anilines is 1. The Hall–Kier alpha value is -3.04. The summed E-state index contributed by atoms with van der Waals surface area (Å²) in [5.74, 6) is -1.57. The van der Waals surface area contributed by atoms with Gasteiger partial charge < -0.3 is 10.1 Å². The van der Waals surface area contributed by atoms with E-state index in [-0.39, 0.29) is 33.0 Å². The molecule has 1 heterocycles. The monoisotopic (exact) mass is 564 g/mol.